The Hall–Kier alpha value is -5.04. The number of aryl methyl sites for hydroxylation is 2. The largest absolute Gasteiger partial charge is 0.497 e. The van der Waals surface area contributed by atoms with E-state index < -0.39 is 5.76 Å². The summed E-state index contributed by atoms with van der Waals surface area (Å²) in [6.45, 7) is 3.72. The lowest BCUT2D eigenvalue weighted by Crippen LogP contribution is -2.49. The molecule has 3 aromatic carbocycles. The van der Waals surface area contributed by atoms with Gasteiger partial charge in [-0.3, -0.25) is 9.36 Å². The minimum atomic E-state index is -0.482. The van der Waals surface area contributed by atoms with Crippen molar-refractivity contribution in [1.29, 1.82) is 5.26 Å². The van der Waals surface area contributed by atoms with Crippen molar-refractivity contribution in [2.75, 3.05) is 37.0 Å². The Morgan fingerprint density at radius 3 is 2.57 bits per heavy atom. The molecule has 6 rings (SSSR count). The van der Waals surface area contributed by atoms with Crippen molar-refractivity contribution in [3.8, 4) is 11.8 Å². The van der Waals surface area contributed by atoms with Crippen LogP contribution in [0, 0.1) is 18.3 Å². The van der Waals surface area contributed by atoms with Crippen molar-refractivity contribution in [2.45, 2.75) is 32.2 Å². The summed E-state index contributed by atoms with van der Waals surface area (Å²) in [5.41, 5.74) is 5.69. The number of carbonyl (C=O) groups is 2. The Balaban J connectivity index is 1.19. The average molecular weight is 566 g/mol. The van der Waals surface area contributed by atoms with Gasteiger partial charge in [0, 0.05) is 49.5 Å². The Bertz CT molecular complexity index is 1820. The lowest BCUT2D eigenvalue weighted by atomic mass is 9.97. The third-order valence-corrected chi connectivity index (χ3v) is 8.40. The molecule has 10 heteroatoms. The second-order valence-electron chi connectivity index (χ2n) is 10.9. The monoisotopic (exact) mass is 565 g/mol. The minimum absolute atomic E-state index is 0.0584. The van der Waals surface area contributed by atoms with Crippen LogP contribution >= 0.6 is 0 Å². The third kappa shape index (κ3) is 4.77. The van der Waals surface area contributed by atoms with Crippen LogP contribution in [0.4, 0.5) is 16.2 Å². The summed E-state index contributed by atoms with van der Waals surface area (Å²) in [4.78, 5) is 42.7. The van der Waals surface area contributed by atoms with Crippen molar-refractivity contribution in [1.82, 2.24) is 9.47 Å². The molecule has 1 fully saturated rings. The first-order valence-electron chi connectivity index (χ1n) is 14.0. The SMILES string of the molecule is COc1ccc2c(c1)CCN(C1CCN(c3cc(C(=O)c4cc(C)c5c(c4)oc(=O)n5C)ccc3C#N)CC1)C(=O)N2. The summed E-state index contributed by atoms with van der Waals surface area (Å²) in [5.74, 6) is 0.0647. The molecule has 214 valence electrons. The first kappa shape index (κ1) is 27.1. The molecule has 0 atom stereocenters. The van der Waals surface area contributed by atoms with Gasteiger partial charge in [-0.05, 0) is 85.8 Å². The van der Waals surface area contributed by atoms with Gasteiger partial charge in [0.25, 0.3) is 0 Å². The molecule has 42 heavy (non-hydrogen) atoms. The van der Waals surface area contributed by atoms with E-state index in [9.17, 15) is 19.6 Å². The number of fused-ring (bicyclic) bond motifs is 2. The molecule has 2 aliphatic rings. The Kier molecular flexibility index (Phi) is 6.94. The second kappa shape index (κ2) is 10.7. The summed E-state index contributed by atoms with van der Waals surface area (Å²) in [6, 6.07) is 16.4. The third-order valence-electron chi connectivity index (χ3n) is 8.40. The number of carbonyl (C=O) groups excluding carboxylic acids is 2. The normalized spacial score (nSPS) is 15.6. The fourth-order valence-electron chi connectivity index (χ4n) is 6.16. The van der Waals surface area contributed by atoms with E-state index in [4.69, 9.17) is 9.15 Å². The molecule has 0 radical (unpaired) electrons. The topological polar surface area (TPSA) is 121 Å². The fraction of sp³-hybridized carbons (Fsp3) is 0.312. The smallest absolute Gasteiger partial charge is 0.419 e. The zero-order chi connectivity index (χ0) is 29.5. The molecule has 0 saturated carbocycles. The van der Waals surface area contributed by atoms with Crippen molar-refractivity contribution >= 4 is 34.3 Å². The highest BCUT2D eigenvalue weighted by molar-refractivity contribution is 6.11. The summed E-state index contributed by atoms with van der Waals surface area (Å²) >= 11 is 0. The zero-order valence-electron chi connectivity index (χ0n) is 23.8. The van der Waals surface area contributed by atoms with Crippen LogP contribution in [0.15, 0.2) is 57.7 Å². The predicted octanol–water partition coefficient (Wildman–Crippen LogP) is 4.61. The van der Waals surface area contributed by atoms with Gasteiger partial charge in [0.1, 0.15) is 11.8 Å². The van der Waals surface area contributed by atoms with Gasteiger partial charge >= 0.3 is 11.8 Å². The maximum atomic E-state index is 13.5. The number of oxazole rings is 1. The maximum Gasteiger partial charge on any atom is 0.419 e. The molecule has 1 N–H and O–H groups in total. The highest BCUT2D eigenvalue weighted by Gasteiger charge is 2.31. The Morgan fingerprint density at radius 1 is 1.05 bits per heavy atom. The van der Waals surface area contributed by atoms with E-state index in [0.29, 0.717) is 53.1 Å². The number of piperidine rings is 1. The molecule has 3 heterocycles. The van der Waals surface area contributed by atoms with Gasteiger partial charge in [-0.2, -0.15) is 5.26 Å². The quantitative estimate of drug-likeness (QED) is 0.351. The molecule has 1 aromatic heterocycles. The zero-order valence-corrected chi connectivity index (χ0v) is 23.8. The van der Waals surface area contributed by atoms with E-state index in [0.717, 1.165) is 41.8 Å². The van der Waals surface area contributed by atoms with Crippen LogP contribution in [0.1, 0.15) is 45.5 Å². The molecule has 2 aliphatic heterocycles. The van der Waals surface area contributed by atoms with Crippen LogP contribution in [-0.2, 0) is 13.5 Å². The van der Waals surface area contributed by atoms with Crippen molar-refractivity contribution in [3.63, 3.8) is 0 Å². The number of ketones is 1. The summed E-state index contributed by atoms with van der Waals surface area (Å²) in [7, 11) is 3.26. The number of aromatic nitrogens is 1. The number of methoxy groups -OCH3 is 1. The van der Waals surface area contributed by atoms with Crippen LogP contribution < -0.4 is 20.7 Å². The number of amides is 2. The van der Waals surface area contributed by atoms with Crippen LogP contribution in [0.25, 0.3) is 11.1 Å². The lowest BCUT2D eigenvalue weighted by Gasteiger charge is -2.39. The van der Waals surface area contributed by atoms with Crippen molar-refractivity contribution in [3.05, 3.63) is 86.9 Å². The first-order valence-corrected chi connectivity index (χ1v) is 14.0. The summed E-state index contributed by atoms with van der Waals surface area (Å²) in [6.07, 6.45) is 2.20. The number of nitrogens with zero attached hydrogens (tertiary/aromatic N) is 4. The molecule has 2 amide bonds. The molecule has 10 nitrogen and oxygen atoms in total. The first-order chi connectivity index (χ1) is 20.3. The minimum Gasteiger partial charge on any atom is -0.497 e. The van der Waals surface area contributed by atoms with Crippen LogP contribution in [0.5, 0.6) is 5.75 Å². The highest BCUT2D eigenvalue weighted by Crippen LogP contribution is 2.31. The maximum absolute atomic E-state index is 13.5. The van der Waals surface area contributed by atoms with Crippen LogP contribution in [0.2, 0.25) is 0 Å². The predicted molar refractivity (Wildman–Crippen MR) is 158 cm³/mol. The summed E-state index contributed by atoms with van der Waals surface area (Å²) < 4.78 is 12.1. The number of urea groups is 1. The molecule has 1 saturated heterocycles. The number of nitrogens with one attached hydrogen (secondary N) is 1. The number of benzene rings is 3. The van der Waals surface area contributed by atoms with E-state index in [2.05, 4.69) is 16.3 Å². The van der Waals surface area contributed by atoms with Crippen molar-refractivity contribution < 1.29 is 18.7 Å². The number of rotatable bonds is 5. The van der Waals surface area contributed by atoms with E-state index in [1.807, 2.05) is 30.0 Å². The summed E-state index contributed by atoms with van der Waals surface area (Å²) in [5, 5.41) is 12.9. The highest BCUT2D eigenvalue weighted by atomic mass is 16.5. The lowest BCUT2D eigenvalue weighted by molar-refractivity contribution is 0.103. The number of hydrogen-bond donors (Lipinski definition) is 1. The Labute approximate surface area is 242 Å². The van der Waals surface area contributed by atoms with Crippen molar-refractivity contribution in [2.24, 2.45) is 7.05 Å². The molecular formula is C32H31N5O5. The van der Waals surface area contributed by atoms with Gasteiger partial charge in [-0.25, -0.2) is 9.59 Å². The van der Waals surface area contributed by atoms with Gasteiger partial charge in [-0.15, -0.1) is 0 Å². The molecule has 0 unspecified atom stereocenters. The fourth-order valence-corrected chi connectivity index (χ4v) is 6.16. The number of ether oxygens (including phenoxy) is 1. The van der Waals surface area contributed by atoms with E-state index in [-0.39, 0.29) is 17.9 Å². The molecule has 4 aromatic rings. The van der Waals surface area contributed by atoms with Crippen LogP contribution in [-0.4, -0.2) is 54.1 Å². The molecular weight excluding hydrogens is 534 g/mol. The van der Waals surface area contributed by atoms with Gasteiger partial charge in [-0.1, -0.05) is 0 Å². The molecule has 0 aliphatic carbocycles. The van der Waals surface area contributed by atoms with E-state index >= 15 is 0 Å². The Morgan fingerprint density at radius 2 is 1.83 bits per heavy atom. The van der Waals surface area contributed by atoms with E-state index in [1.165, 1.54) is 4.57 Å². The average Bonchev–Trinajstić information content (AvgIpc) is 3.19. The number of hydrogen-bond acceptors (Lipinski definition) is 7. The van der Waals surface area contributed by atoms with Gasteiger partial charge in [0.2, 0.25) is 0 Å². The van der Waals surface area contributed by atoms with Crippen LogP contribution in [0.3, 0.4) is 0 Å². The number of anilines is 2. The number of nitriles is 1. The second-order valence-corrected chi connectivity index (χ2v) is 10.9. The standard InChI is InChI=1S/C32H31N5O5/c1-19-14-23(17-28-29(19)35(2)32(40)42-28)30(38)21-4-5-22(18-33)27(16-21)36-11-9-24(10-12-36)37-13-8-20-15-25(41-3)6-7-26(20)34-31(37)39/h4-7,14-17,24H,8-13H2,1-3H3,(H,34,39). The molecule has 0 bridgehead atoms. The van der Waals surface area contributed by atoms with E-state index in [1.54, 1.807) is 44.5 Å². The van der Waals surface area contributed by atoms with Gasteiger partial charge in [0.15, 0.2) is 11.4 Å². The molecule has 0 spiro atoms. The van der Waals surface area contributed by atoms with Gasteiger partial charge < -0.3 is 24.3 Å². The van der Waals surface area contributed by atoms with Gasteiger partial charge in [0.05, 0.1) is 23.9 Å².